The van der Waals surface area contributed by atoms with Crippen molar-refractivity contribution in [2.24, 2.45) is 5.92 Å². The van der Waals surface area contributed by atoms with E-state index in [2.05, 4.69) is 36.9 Å². The van der Waals surface area contributed by atoms with Crippen LogP contribution in [0.1, 0.15) is 27.9 Å². The van der Waals surface area contributed by atoms with Gasteiger partial charge in [0, 0.05) is 24.7 Å². The molecule has 132 valence electrons. The number of aryl methyl sites for hydroxylation is 2. The molecule has 0 aromatic heterocycles. The summed E-state index contributed by atoms with van der Waals surface area (Å²) in [6.45, 7) is 7.07. The summed E-state index contributed by atoms with van der Waals surface area (Å²) in [5.74, 6) is 0.977. The summed E-state index contributed by atoms with van der Waals surface area (Å²) >= 11 is 0. The first-order valence-corrected chi connectivity index (χ1v) is 8.69. The highest BCUT2D eigenvalue weighted by atomic mass is 16.5. The summed E-state index contributed by atoms with van der Waals surface area (Å²) in [4.78, 5) is 13.9. The third kappa shape index (κ3) is 4.32. The average Bonchev–Trinajstić information content (AvgIpc) is 3.08. The fourth-order valence-corrected chi connectivity index (χ4v) is 3.36. The van der Waals surface area contributed by atoms with Crippen molar-refractivity contribution in [3.8, 4) is 5.75 Å². The number of benzene rings is 2. The predicted molar refractivity (Wildman–Crippen MR) is 99.5 cm³/mol. The largest absolute Gasteiger partial charge is 0.493 e. The van der Waals surface area contributed by atoms with Gasteiger partial charge in [0.1, 0.15) is 5.75 Å². The zero-order valence-electron chi connectivity index (χ0n) is 15.1. The van der Waals surface area contributed by atoms with E-state index in [1.54, 1.807) is 12.1 Å². The second-order valence-electron chi connectivity index (χ2n) is 6.77. The van der Waals surface area contributed by atoms with E-state index in [1.165, 1.54) is 23.9 Å². The van der Waals surface area contributed by atoms with Gasteiger partial charge in [0.05, 0.1) is 19.3 Å². The monoisotopic (exact) mass is 339 g/mol. The Kier molecular flexibility index (Phi) is 5.27. The molecule has 4 nitrogen and oxygen atoms in total. The molecule has 0 bridgehead atoms. The lowest BCUT2D eigenvalue weighted by atomic mass is 10.1. The Morgan fingerprint density at radius 2 is 1.80 bits per heavy atom. The van der Waals surface area contributed by atoms with Crippen molar-refractivity contribution in [1.82, 2.24) is 0 Å². The maximum absolute atomic E-state index is 11.4. The average molecular weight is 339 g/mol. The number of nitrogens with zero attached hydrogens (tertiary/aromatic N) is 1. The molecule has 1 saturated heterocycles. The van der Waals surface area contributed by atoms with Gasteiger partial charge in [-0.1, -0.05) is 6.07 Å². The highest BCUT2D eigenvalue weighted by Crippen LogP contribution is 2.26. The van der Waals surface area contributed by atoms with Gasteiger partial charge in [-0.25, -0.2) is 4.79 Å². The molecule has 1 heterocycles. The van der Waals surface area contributed by atoms with Crippen LogP contribution in [-0.2, 0) is 4.74 Å². The number of carbonyl (C=O) groups excluding carboxylic acids is 1. The van der Waals surface area contributed by atoms with Gasteiger partial charge < -0.3 is 14.4 Å². The van der Waals surface area contributed by atoms with Crippen LogP contribution in [0.5, 0.6) is 5.75 Å². The lowest BCUT2D eigenvalue weighted by Crippen LogP contribution is -2.22. The van der Waals surface area contributed by atoms with Gasteiger partial charge in [-0.3, -0.25) is 0 Å². The van der Waals surface area contributed by atoms with E-state index in [-0.39, 0.29) is 5.97 Å². The number of rotatable bonds is 5. The normalized spacial score (nSPS) is 16.8. The molecule has 1 aliphatic rings. The Balaban J connectivity index is 1.54. The van der Waals surface area contributed by atoms with Gasteiger partial charge in [-0.05, 0) is 67.8 Å². The van der Waals surface area contributed by atoms with Crippen LogP contribution in [-0.4, -0.2) is 32.8 Å². The summed E-state index contributed by atoms with van der Waals surface area (Å²) in [5, 5.41) is 0. The second kappa shape index (κ2) is 7.60. The Hall–Kier alpha value is -2.49. The maximum Gasteiger partial charge on any atom is 0.337 e. The molecular weight excluding hydrogens is 314 g/mol. The van der Waals surface area contributed by atoms with E-state index in [9.17, 15) is 4.79 Å². The zero-order chi connectivity index (χ0) is 17.8. The second-order valence-corrected chi connectivity index (χ2v) is 6.77. The smallest absolute Gasteiger partial charge is 0.337 e. The fourth-order valence-electron chi connectivity index (χ4n) is 3.36. The number of carbonyl (C=O) groups is 1. The SMILES string of the molecule is COC(=O)c1ccc(OCC2CCN(c3cc(C)cc(C)c3)C2)cc1. The van der Waals surface area contributed by atoms with Crippen LogP contribution in [0.15, 0.2) is 42.5 Å². The molecule has 0 radical (unpaired) electrons. The van der Waals surface area contributed by atoms with Crippen LogP contribution < -0.4 is 9.64 Å². The molecule has 1 unspecified atom stereocenters. The molecule has 1 fully saturated rings. The van der Waals surface area contributed by atoms with E-state index >= 15 is 0 Å². The van der Waals surface area contributed by atoms with Crippen LogP contribution >= 0.6 is 0 Å². The van der Waals surface area contributed by atoms with Crippen molar-refractivity contribution < 1.29 is 14.3 Å². The first-order valence-electron chi connectivity index (χ1n) is 8.69. The van der Waals surface area contributed by atoms with E-state index < -0.39 is 0 Å². The number of anilines is 1. The van der Waals surface area contributed by atoms with Crippen molar-refractivity contribution in [1.29, 1.82) is 0 Å². The summed E-state index contributed by atoms with van der Waals surface area (Å²) in [7, 11) is 1.38. The molecule has 0 amide bonds. The molecule has 2 aromatic rings. The summed E-state index contributed by atoms with van der Waals surface area (Å²) < 4.78 is 10.6. The van der Waals surface area contributed by atoms with Gasteiger partial charge in [-0.2, -0.15) is 0 Å². The van der Waals surface area contributed by atoms with E-state index in [0.29, 0.717) is 18.1 Å². The van der Waals surface area contributed by atoms with E-state index in [4.69, 9.17) is 9.47 Å². The molecule has 3 rings (SSSR count). The van der Waals surface area contributed by atoms with Crippen molar-refractivity contribution in [2.45, 2.75) is 20.3 Å². The quantitative estimate of drug-likeness (QED) is 0.772. The van der Waals surface area contributed by atoms with Crippen molar-refractivity contribution in [3.63, 3.8) is 0 Å². The minimum absolute atomic E-state index is 0.327. The van der Waals surface area contributed by atoms with Crippen LogP contribution in [0, 0.1) is 19.8 Å². The van der Waals surface area contributed by atoms with Crippen LogP contribution in [0.3, 0.4) is 0 Å². The lowest BCUT2D eigenvalue weighted by Gasteiger charge is -2.20. The van der Waals surface area contributed by atoms with Gasteiger partial charge in [-0.15, -0.1) is 0 Å². The third-order valence-corrected chi connectivity index (χ3v) is 4.62. The van der Waals surface area contributed by atoms with Crippen LogP contribution in [0.2, 0.25) is 0 Å². The van der Waals surface area contributed by atoms with Crippen molar-refractivity contribution >= 4 is 11.7 Å². The molecule has 0 N–H and O–H groups in total. The number of esters is 1. The molecule has 1 aliphatic heterocycles. The molecular formula is C21H25NO3. The number of methoxy groups -OCH3 is 1. The van der Waals surface area contributed by atoms with Gasteiger partial charge >= 0.3 is 5.97 Å². The molecule has 0 saturated carbocycles. The van der Waals surface area contributed by atoms with E-state index in [1.807, 2.05) is 12.1 Å². The Morgan fingerprint density at radius 1 is 1.12 bits per heavy atom. The maximum atomic E-state index is 11.4. The molecule has 0 aliphatic carbocycles. The van der Waals surface area contributed by atoms with Gasteiger partial charge in [0.25, 0.3) is 0 Å². The molecule has 2 aromatic carbocycles. The number of hydrogen-bond donors (Lipinski definition) is 0. The predicted octanol–water partition coefficient (Wildman–Crippen LogP) is 4.00. The number of hydrogen-bond acceptors (Lipinski definition) is 4. The molecule has 25 heavy (non-hydrogen) atoms. The zero-order valence-corrected chi connectivity index (χ0v) is 15.1. The third-order valence-electron chi connectivity index (χ3n) is 4.62. The molecule has 0 spiro atoms. The summed E-state index contributed by atoms with van der Waals surface area (Å²) in [6, 6.07) is 13.8. The first-order chi connectivity index (χ1) is 12.0. The van der Waals surface area contributed by atoms with Crippen LogP contribution in [0.4, 0.5) is 5.69 Å². The Morgan fingerprint density at radius 3 is 2.44 bits per heavy atom. The first kappa shape index (κ1) is 17.3. The highest BCUT2D eigenvalue weighted by molar-refractivity contribution is 5.89. The highest BCUT2D eigenvalue weighted by Gasteiger charge is 2.23. The van der Waals surface area contributed by atoms with E-state index in [0.717, 1.165) is 25.3 Å². The van der Waals surface area contributed by atoms with Gasteiger partial charge in [0.15, 0.2) is 0 Å². The minimum Gasteiger partial charge on any atom is -0.493 e. The summed E-state index contributed by atoms with van der Waals surface area (Å²) in [6.07, 6.45) is 1.13. The molecule has 1 atom stereocenters. The van der Waals surface area contributed by atoms with Crippen molar-refractivity contribution in [2.75, 3.05) is 31.7 Å². The fraction of sp³-hybridized carbons (Fsp3) is 0.381. The van der Waals surface area contributed by atoms with Crippen LogP contribution in [0.25, 0.3) is 0 Å². The summed E-state index contributed by atoms with van der Waals surface area (Å²) in [5.41, 5.74) is 4.46. The molecule has 4 heteroatoms. The standard InChI is InChI=1S/C21H25NO3/c1-15-10-16(2)12-19(11-15)22-9-8-17(13-22)14-25-20-6-4-18(5-7-20)21(23)24-3/h4-7,10-12,17H,8-9,13-14H2,1-3H3. The minimum atomic E-state index is -0.327. The van der Waals surface area contributed by atoms with Gasteiger partial charge in [0.2, 0.25) is 0 Å². The number of ether oxygens (including phenoxy) is 2. The van der Waals surface area contributed by atoms with Crippen molar-refractivity contribution in [3.05, 3.63) is 59.2 Å². The topological polar surface area (TPSA) is 38.8 Å². The Labute approximate surface area is 149 Å². The Bertz CT molecular complexity index is 719. The lowest BCUT2D eigenvalue weighted by molar-refractivity contribution is 0.0600.